The zero-order valence-corrected chi connectivity index (χ0v) is 21.8. The van der Waals surface area contributed by atoms with E-state index in [4.69, 9.17) is 5.73 Å². The van der Waals surface area contributed by atoms with Crippen molar-refractivity contribution in [3.05, 3.63) is 93.6 Å². The van der Waals surface area contributed by atoms with E-state index in [2.05, 4.69) is 65.8 Å². The Kier molecular flexibility index (Phi) is 13.0. The Balaban J connectivity index is 0. The zero-order chi connectivity index (χ0) is 19.6. The molecule has 1 aliphatic rings. The van der Waals surface area contributed by atoms with Gasteiger partial charge in [-0.3, -0.25) is 0 Å². The van der Waals surface area contributed by atoms with E-state index < -0.39 is 0 Å². The molecule has 1 atom stereocenters. The summed E-state index contributed by atoms with van der Waals surface area (Å²) in [6.07, 6.45) is 0. The maximum atomic E-state index is 7.54. The number of hydrogen-bond acceptors (Lipinski definition) is 0. The van der Waals surface area contributed by atoms with E-state index >= 15 is 0 Å². The van der Waals surface area contributed by atoms with Crippen LogP contribution in [0.25, 0.3) is 11.3 Å². The molecule has 2 aromatic rings. The van der Waals surface area contributed by atoms with E-state index in [-0.39, 0.29) is 46.5 Å². The summed E-state index contributed by atoms with van der Waals surface area (Å²) in [4.78, 5) is 0. The van der Waals surface area contributed by atoms with Crippen molar-refractivity contribution < 1.29 is 21.7 Å². The van der Waals surface area contributed by atoms with Crippen molar-refractivity contribution in [1.82, 2.24) is 0 Å². The third-order valence-corrected chi connectivity index (χ3v) is 5.63. The molecular formula is C25H33Cl2NTi. The van der Waals surface area contributed by atoms with Gasteiger partial charge in [0, 0.05) is 0 Å². The third kappa shape index (κ3) is 6.69. The molecule has 0 aliphatic heterocycles. The van der Waals surface area contributed by atoms with Crippen LogP contribution in [0.4, 0.5) is 5.69 Å². The molecular weight excluding hydrogens is 433 g/mol. The second-order valence-electron chi connectivity index (χ2n) is 7.50. The average Bonchev–Trinajstić information content (AvgIpc) is 2.77. The number of benzene rings is 2. The van der Waals surface area contributed by atoms with Crippen LogP contribution in [0.5, 0.6) is 0 Å². The molecule has 0 amide bonds. The van der Waals surface area contributed by atoms with Gasteiger partial charge in [-0.2, -0.15) is 18.6 Å². The Morgan fingerprint density at radius 2 is 1.31 bits per heavy atom. The van der Waals surface area contributed by atoms with Crippen LogP contribution < -0.4 is 0 Å². The first-order valence-electron chi connectivity index (χ1n) is 9.24. The molecule has 1 unspecified atom stereocenters. The molecule has 0 bridgehead atoms. The van der Waals surface area contributed by atoms with Crippen molar-refractivity contribution in [3.63, 3.8) is 0 Å². The summed E-state index contributed by atoms with van der Waals surface area (Å²) in [5, 5.41) is 0. The van der Waals surface area contributed by atoms with Crippen LogP contribution in [0.3, 0.4) is 0 Å². The van der Waals surface area contributed by atoms with E-state index in [0.717, 1.165) is 16.7 Å². The summed E-state index contributed by atoms with van der Waals surface area (Å²) in [7, 11) is 0. The molecule has 1 aliphatic carbocycles. The normalized spacial score (nSPS) is 14.9. The van der Waals surface area contributed by atoms with Gasteiger partial charge in [0.2, 0.25) is 0 Å². The third-order valence-electron chi connectivity index (χ3n) is 5.63. The summed E-state index contributed by atoms with van der Waals surface area (Å²) >= 11 is 0. The van der Waals surface area contributed by atoms with E-state index in [9.17, 15) is 0 Å². The molecule has 2 aromatic carbocycles. The van der Waals surface area contributed by atoms with Gasteiger partial charge >= 0.3 is 21.7 Å². The van der Waals surface area contributed by atoms with E-state index in [1.165, 1.54) is 33.4 Å². The first-order chi connectivity index (χ1) is 12.1. The Morgan fingerprint density at radius 1 is 0.828 bits per heavy atom. The number of nitrogens with one attached hydrogen (secondary N) is 1. The molecule has 0 aromatic heterocycles. The van der Waals surface area contributed by atoms with Crippen LogP contribution in [-0.2, 0) is 21.7 Å². The van der Waals surface area contributed by atoms with Crippen molar-refractivity contribution in [1.29, 1.82) is 0 Å². The van der Waals surface area contributed by atoms with Crippen molar-refractivity contribution in [2.24, 2.45) is 5.92 Å². The Hall–Kier alpha value is -1.12. The van der Waals surface area contributed by atoms with Crippen LogP contribution in [0.2, 0.25) is 0 Å². The molecule has 0 saturated carbocycles. The fourth-order valence-corrected chi connectivity index (χ4v) is 3.76. The first kappa shape index (κ1) is 30.1. The van der Waals surface area contributed by atoms with Crippen LogP contribution in [0.15, 0.2) is 53.1 Å². The van der Waals surface area contributed by atoms with Gasteiger partial charge in [-0.15, -0.1) is 48.2 Å². The van der Waals surface area contributed by atoms with Gasteiger partial charge in [0.25, 0.3) is 0 Å². The Bertz CT molecular complexity index is 874. The van der Waals surface area contributed by atoms with E-state index in [1.807, 2.05) is 26.0 Å². The fourth-order valence-electron chi connectivity index (χ4n) is 3.76. The largest absolute Gasteiger partial charge is 2.00 e. The predicted octanol–water partition coefficient (Wildman–Crippen LogP) is 8.77. The van der Waals surface area contributed by atoms with E-state index in [1.54, 1.807) is 0 Å². The molecule has 0 spiro atoms. The minimum atomic E-state index is 0. The summed E-state index contributed by atoms with van der Waals surface area (Å²) in [5.41, 5.74) is 19.9. The van der Waals surface area contributed by atoms with Crippen LogP contribution in [0.1, 0.15) is 55.5 Å². The second-order valence-corrected chi connectivity index (χ2v) is 7.50. The SMILES string of the molecule is Cc1cc(C)c([NH-])c(C)c1.Cl.Cl.[CH2-]c1ccccc1C1=C(C)C(C)=C(C)C1C.[Ti+2]. The van der Waals surface area contributed by atoms with Crippen molar-refractivity contribution in [3.8, 4) is 0 Å². The van der Waals surface area contributed by atoms with E-state index in [0.29, 0.717) is 11.6 Å². The quantitative estimate of drug-likeness (QED) is 0.296. The fraction of sp³-hybridized carbons (Fsp3) is 0.320. The van der Waals surface area contributed by atoms with Gasteiger partial charge < -0.3 is 5.73 Å². The molecule has 0 saturated heterocycles. The number of rotatable bonds is 1. The van der Waals surface area contributed by atoms with Crippen molar-refractivity contribution in [2.75, 3.05) is 0 Å². The van der Waals surface area contributed by atoms with Gasteiger partial charge in [-0.05, 0) is 53.0 Å². The summed E-state index contributed by atoms with van der Waals surface area (Å²) in [6, 6.07) is 12.5. The van der Waals surface area contributed by atoms with Gasteiger partial charge in [0.05, 0.1) is 0 Å². The molecule has 0 heterocycles. The Morgan fingerprint density at radius 3 is 1.72 bits per heavy atom. The number of hydrogen-bond donors (Lipinski definition) is 0. The van der Waals surface area contributed by atoms with Gasteiger partial charge in [-0.1, -0.05) is 58.5 Å². The molecule has 29 heavy (non-hydrogen) atoms. The molecule has 156 valence electrons. The summed E-state index contributed by atoms with van der Waals surface area (Å²) in [6.45, 7) is 19.1. The number of halogens is 2. The zero-order valence-electron chi connectivity index (χ0n) is 18.6. The second kappa shape index (κ2) is 12.6. The van der Waals surface area contributed by atoms with Crippen molar-refractivity contribution >= 4 is 36.1 Å². The van der Waals surface area contributed by atoms with Crippen LogP contribution >= 0.6 is 24.8 Å². The van der Waals surface area contributed by atoms with Crippen LogP contribution in [-0.4, -0.2) is 0 Å². The van der Waals surface area contributed by atoms with Crippen molar-refractivity contribution in [2.45, 2.75) is 48.5 Å². The number of aryl methyl sites for hydroxylation is 3. The molecule has 1 N–H and O–H groups in total. The average molecular weight is 466 g/mol. The predicted molar refractivity (Wildman–Crippen MR) is 130 cm³/mol. The monoisotopic (exact) mass is 465 g/mol. The smallest absolute Gasteiger partial charge is 0.698 e. The first-order valence-corrected chi connectivity index (χ1v) is 9.24. The van der Waals surface area contributed by atoms with Gasteiger partial charge in [0.15, 0.2) is 0 Å². The topological polar surface area (TPSA) is 23.8 Å². The molecule has 0 fully saturated rings. The molecule has 1 nitrogen and oxygen atoms in total. The standard InChI is InChI=1S/C16H19.C9H12N.2ClH.Ti/c1-10-8-6-7-9-15(10)16-13(4)11(2)12(3)14(16)5;1-6-4-7(2)9(10)8(3)5-6;;;/h6-9,13H,1H2,2-5H3;4-5,10H,1-3H3;2*1H;/q2*-1;;;+2. The maximum absolute atomic E-state index is 7.54. The minimum Gasteiger partial charge on any atom is -0.698 e. The summed E-state index contributed by atoms with van der Waals surface area (Å²) in [5.74, 6) is 0.530. The summed E-state index contributed by atoms with van der Waals surface area (Å²) < 4.78 is 0. The maximum Gasteiger partial charge on any atom is 2.00 e. The van der Waals surface area contributed by atoms with Gasteiger partial charge in [0.1, 0.15) is 0 Å². The minimum absolute atomic E-state index is 0. The molecule has 0 radical (unpaired) electrons. The molecule has 3 rings (SSSR count). The number of allylic oxidation sites excluding steroid dienone is 4. The molecule has 4 heteroatoms. The van der Waals surface area contributed by atoms with Crippen LogP contribution in [0, 0.1) is 33.6 Å². The Labute approximate surface area is 205 Å². The van der Waals surface area contributed by atoms with Gasteiger partial charge in [-0.25, -0.2) is 0 Å².